The maximum atomic E-state index is 12.8. The third-order valence-corrected chi connectivity index (χ3v) is 4.46. The van der Waals surface area contributed by atoms with E-state index < -0.39 is 0 Å². The molecule has 120 valence electrons. The van der Waals surface area contributed by atoms with Gasteiger partial charge in [0, 0.05) is 30.3 Å². The monoisotopic (exact) mass is 375 g/mol. The smallest absolute Gasteiger partial charge is 0.259 e. The van der Waals surface area contributed by atoms with E-state index in [9.17, 15) is 4.79 Å². The number of nitrogens with zero attached hydrogens (tertiary/aromatic N) is 2. The van der Waals surface area contributed by atoms with E-state index in [0.717, 1.165) is 24.0 Å². The average Bonchev–Trinajstić information content (AvgIpc) is 3.11. The summed E-state index contributed by atoms with van der Waals surface area (Å²) >= 11 is 3.39. The topological polar surface area (TPSA) is 54.5 Å². The highest BCUT2D eigenvalue weighted by atomic mass is 79.9. The van der Waals surface area contributed by atoms with Crippen LogP contribution in [0.3, 0.4) is 0 Å². The van der Waals surface area contributed by atoms with Gasteiger partial charge in [0.2, 0.25) is 5.88 Å². The molecule has 6 heteroatoms. The van der Waals surface area contributed by atoms with E-state index in [1.165, 1.54) is 0 Å². The molecule has 2 heterocycles. The second kappa shape index (κ2) is 7.10. The van der Waals surface area contributed by atoms with Crippen molar-refractivity contribution in [3.63, 3.8) is 0 Å². The third-order valence-electron chi connectivity index (χ3n) is 3.93. The summed E-state index contributed by atoms with van der Waals surface area (Å²) in [5.74, 6) is 0.905. The van der Waals surface area contributed by atoms with Gasteiger partial charge in [-0.05, 0) is 49.4 Å². The Bertz CT molecular complexity index is 684. The molecule has 0 bridgehead atoms. The summed E-state index contributed by atoms with van der Waals surface area (Å²) < 4.78 is 6.77. The lowest BCUT2D eigenvalue weighted by molar-refractivity contribution is 0.0740. The molecule has 1 aliphatic heterocycles. The lowest BCUT2D eigenvalue weighted by atomic mass is 10.2. The van der Waals surface area contributed by atoms with Crippen molar-refractivity contribution in [3.05, 3.63) is 52.6 Å². The van der Waals surface area contributed by atoms with Gasteiger partial charge in [0.25, 0.3) is 5.91 Å². The number of carbonyl (C=O) groups is 1. The molecule has 1 amide bonds. The molecule has 1 unspecified atom stereocenters. The van der Waals surface area contributed by atoms with Gasteiger partial charge >= 0.3 is 0 Å². The molecule has 1 aromatic heterocycles. The second-order valence-corrected chi connectivity index (χ2v) is 6.39. The Hall–Kier alpha value is -1.92. The van der Waals surface area contributed by atoms with E-state index in [-0.39, 0.29) is 11.9 Å². The average molecular weight is 376 g/mol. The van der Waals surface area contributed by atoms with Gasteiger partial charge < -0.3 is 15.0 Å². The number of amides is 1. The van der Waals surface area contributed by atoms with Crippen molar-refractivity contribution < 1.29 is 9.53 Å². The standard InChI is InChI=1S/C17H18BrN3O2/c1-21(13-8-10-19-11-13)17(22)15-3-2-9-20-16(15)23-14-6-4-12(18)5-7-14/h2-7,9,13,19H,8,10-11H2,1H3. The SMILES string of the molecule is CN(C(=O)c1cccnc1Oc1ccc(Br)cc1)C1CCNC1. The van der Waals surface area contributed by atoms with Crippen LogP contribution in [0.5, 0.6) is 11.6 Å². The summed E-state index contributed by atoms with van der Waals surface area (Å²) in [6, 6.07) is 11.1. The number of likely N-dealkylation sites (N-methyl/N-ethyl adjacent to an activating group) is 1. The summed E-state index contributed by atoms with van der Waals surface area (Å²) in [7, 11) is 1.83. The highest BCUT2D eigenvalue weighted by Gasteiger charge is 2.26. The number of benzene rings is 1. The zero-order valence-corrected chi connectivity index (χ0v) is 14.4. The minimum absolute atomic E-state index is 0.0705. The zero-order valence-electron chi connectivity index (χ0n) is 12.8. The van der Waals surface area contributed by atoms with Crippen molar-refractivity contribution in [2.45, 2.75) is 12.5 Å². The number of aromatic nitrogens is 1. The van der Waals surface area contributed by atoms with E-state index >= 15 is 0 Å². The number of rotatable bonds is 4. The van der Waals surface area contributed by atoms with Gasteiger partial charge in [-0.1, -0.05) is 15.9 Å². The number of pyridine rings is 1. The molecule has 1 atom stereocenters. The number of ether oxygens (including phenoxy) is 1. The van der Waals surface area contributed by atoms with E-state index in [1.807, 2.05) is 31.3 Å². The summed E-state index contributed by atoms with van der Waals surface area (Å²) in [6.45, 7) is 1.77. The Morgan fingerprint density at radius 1 is 1.35 bits per heavy atom. The van der Waals surface area contributed by atoms with Gasteiger partial charge in [0.15, 0.2) is 0 Å². The lowest BCUT2D eigenvalue weighted by Gasteiger charge is -2.24. The zero-order chi connectivity index (χ0) is 16.2. The van der Waals surface area contributed by atoms with E-state index in [1.54, 1.807) is 23.2 Å². The number of hydrogen-bond donors (Lipinski definition) is 1. The summed E-state index contributed by atoms with van der Waals surface area (Å²) in [5.41, 5.74) is 0.477. The quantitative estimate of drug-likeness (QED) is 0.891. The largest absolute Gasteiger partial charge is 0.438 e. The molecule has 3 rings (SSSR count). The highest BCUT2D eigenvalue weighted by molar-refractivity contribution is 9.10. The molecule has 0 radical (unpaired) electrons. The number of hydrogen-bond acceptors (Lipinski definition) is 4. The predicted octanol–water partition coefficient (Wildman–Crippen LogP) is 3.07. The van der Waals surface area contributed by atoms with Gasteiger partial charge in [-0.25, -0.2) is 4.98 Å². The molecule has 1 aromatic carbocycles. The molecular weight excluding hydrogens is 358 g/mol. The fourth-order valence-electron chi connectivity index (χ4n) is 2.57. The van der Waals surface area contributed by atoms with Crippen LogP contribution < -0.4 is 10.1 Å². The Labute approximate surface area is 143 Å². The molecule has 2 aromatic rings. The molecule has 1 N–H and O–H groups in total. The van der Waals surface area contributed by atoms with E-state index in [2.05, 4.69) is 26.2 Å². The fraction of sp³-hybridized carbons (Fsp3) is 0.294. The van der Waals surface area contributed by atoms with Gasteiger partial charge in [0.1, 0.15) is 11.3 Å². The van der Waals surface area contributed by atoms with E-state index in [0.29, 0.717) is 17.2 Å². The van der Waals surface area contributed by atoms with Crippen LogP contribution in [-0.2, 0) is 0 Å². The van der Waals surface area contributed by atoms with Crippen LogP contribution in [0.4, 0.5) is 0 Å². The van der Waals surface area contributed by atoms with Crippen molar-refractivity contribution >= 4 is 21.8 Å². The van der Waals surface area contributed by atoms with Crippen molar-refractivity contribution in [3.8, 4) is 11.6 Å². The molecule has 0 aliphatic carbocycles. The molecule has 0 saturated carbocycles. The molecule has 5 nitrogen and oxygen atoms in total. The molecule has 23 heavy (non-hydrogen) atoms. The summed E-state index contributed by atoms with van der Waals surface area (Å²) in [6.07, 6.45) is 2.59. The van der Waals surface area contributed by atoms with Crippen molar-refractivity contribution in [1.29, 1.82) is 0 Å². The maximum absolute atomic E-state index is 12.8. The number of carbonyl (C=O) groups excluding carboxylic acids is 1. The van der Waals surface area contributed by atoms with Gasteiger partial charge in [-0.15, -0.1) is 0 Å². The molecule has 1 saturated heterocycles. The van der Waals surface area contributed by atoms with Crippen LogP contribution >= 0.6 is 15.9 Å². The Balaban J connectivity index is 1.82. The van der Waals surface area contributed by atoms with Crippen LogP contribution in [0.2, 0.25) is 0 Å². The maximum Gasteiger partial charge on any atom is 0.259 e. The second-order valence-electron chi connectivity index (χ2n) is 5.47. The molecule has 1 fully saturated rings. The first-order chi connectivity index (χ1) is 11.1. The predicted molar refractivity (Wildman–Crippen MR) is 91.8 cm³/mol. The van der Waals surface area contributed by atoms with Crippen LogP contribution in [0.25, 0.3) is 0 Å². The molecule has 0 spiro atoms. The first kappa shape index (κ1) is 16.0. The van der Waals surface area contributed by atoms with Crippen LogP contribution in [-0.4, -0.2) is 42.0 Å². The Morgan fingerprint density at radius 3 is 2.83 bits per heavy atom. The molecular formula is C17H18BrN3O2. The first-order valence-corrected chi connectivity index (χ1v) is 8.31. The normalized spacial score (nSPS) is 17.0. The number of nitrogens with one attached hydrogen (secondary N) is 1. The van der Waals surface area contributed by atoms with Crippen LogP contribution in [0.1, 0.15) is 16.8 Å². The minimum Gasteiger partial charge on any atom is -0.438 e. The lowest BCUT2D eigenvalue weighted by Crippen LogP contribution is -2.38. The van der Waals surface area contributed by atoms with Crippen LogP contribution in [0.15, 0.2) is 47.1 Å². The first-order valence-electron chi connectivity index (χ1n) is 7.51. The van der Waals surface area contributed by atoms with Crippen molar-refractivity contribution in [1.82, 2.24) is 15.2 Å². The third kappa shape index (κ3) is 3.71. The highest BCUT2D eigenvalue weighted by Crippen LogP contribution is 2.25. The van der Waals surface area contributed by atoms with Gasteiger partial charge in [0.05, 0.1) is 0 Å². The van der Waals surface area contributed by atoms with E-state index in [4.69, 9.17) is 4.74 Å². The fourth-order valence-corrected chi connectivity index (χ4v) is 2.84. The minimum atomic E-state index is -0.0705. The summed E-state index contributed by atoms with van der Waals surface area (Å²) in [5, 5.41) is 3.27. The Kier molecular flexibility index (Phi) is 4.93. The van der Waals surface area contributed by atoms with Crippen molar-refractivity contribution in [2.75, 3.05) is 20.1 Å². The Morgan fingerprint density at radius 2 is 2.13 bits per heavy atom. The van der Waals surface area contributed by atoms with Gasteiger partial charge in [-0.2, -0.15) is 0 Å². The molecule has 1 aliphatic rings. The van der Waals surface area contributed by atoms with Crippen molar-refractivity contribution in [2.24, 2.45) is 0 Å². The van der Waals surface area contributed by atoms with Crippen LogP contribution in [0, 0.1) is 0 Å². The van der Waals surface area contributed by atoms with Gasteiger partial charge in [-0.3, -0.25) is 4.79 Å². The summed E-state index contributed by atoms with van der Waals surface area (Å²) in [4.78, 5) is 18.8. The number of halogens is 1.